The molecule has 7 heteroatoms. The lowest BCUT2D eigenvalue weighted by Gasteiger charge is -2.12. The Morgan fingerprint density at radius 2 is 2.20 bits per heavy atom. The summed E-state index contributed by atoms with van der Waals surface area (Å²) >= 11 is 3.41. The minimum Gasteiger partial charge on any atom is -0.487 e. The van der Waals surface area contributed by atoms with Crippen molar-refractivity contribution in [2.24, 2.45) is 0 Å². The third-order valence-electron chi connectivity index (χ3n) is 2.65. The second-order valence-electron chi connectivity index (χ2n) is 4.06. The van der Waals surface area contributed by atoms with Crippen LogP contribution in [0.4, 0.5) is 5.69 Å². The molecule has 20 heavy (non-hydrogen) atoms. The van der Waals surface area contributed by atoms with E-state index in [2.05, 4.69) is 21.2 Å². The molecule has 0 saturated carbocycles. The van der Waals surface area contributed by atoms with Crippen LogP contribution in [0, 0.1) is 10.1 Å². The Morgan fingerprint density at radius 1 is 1.50 bits per heavy atom. The molecule has 0 aliphatic carbocycles. The average molecular weight is 345 g/mol. The fourth-order valence-electron chi connectivity index (χ4n) is 1.59. The Hall–Kier alpha value is -1.63. The summed E-state index contributed by atoms with van der Waals surface area (Å²) in [5, 5.41) is 13.7. The molecule has 0 aliphatic heterocycles. The van der Waals surface area contributed by atoms with Crippen molar-refractivity contribution in [3.05, 3.63) is 33.9 Å². The van der Waals surface area contributed by atoms with Crippen LogP contribution in [-0.4, -0.2) is 28.8 Å². The Morgan fingerprint density at radius 3 is 2.75 bits per heavy atom. The molecule has 6 nitrogen and oxygen atoms in total. The first-order chi connectivity index (χ1) is 9.51. The molecule has 0 heterocycles. The van der Waals surface area contributed by atoms with E-state index in [-0.39, 0.29) is 34.3 Å². The summed E-state index contributed by atoms with van der Waals surface area (Å²) in [4.78, 5) is 22.7. The van der Waals surface area contributed by atoms with Crippen LogP contribution in [0.25, 0.3) is 0 Å². The lowest BCUT2D eigenvalue weighted by atomic mass is 10.1. The van der Waals surface area contributed by atoms with Crippen LogP contribution < -0.4 is 10.1 Å². The summed E-state index contributed by atoms with van der Waals surface area (Å²) in [5.74, 6) is -0.366. The molecule has 1 aromatic rings. The second kappa shape index (κ2) is 7.84. The number of nitro groups is 1. The first kappa shape index (κ1) is 16.4. The fraction of sp³-hybridized carbons (Fsp3) is 0.462. The van der Waals surface area contributed by atoms with Gasteiger partial charge in [0.1, 0.15) is 0 Å². The van der Waals surface area contributed by atoms with Crippen LogP contribution in [0.2, 0.25) is 0 Å². The van der Waals surface area contributed by atoms with Crippen LogP contribution in [0.1, 0.15) is 30.6 Å². The summed E-state index contributed by atoms with van der Waals surface area (Å²) < 4.78 is 5.27. The second-order valence-corrected chi connectivity index (χ2v) is 5.35. The minimum atomic E-state index is -0.554. The molecule has 1 atom stereocenters. The minimum absolute atomic E-state index is 0.0140. The first-order valence-corrected chi connectivity index (χ1v) is 7.25. The number of carbonyl (C=O) groups is 1. The zero-order valence-corrected chi connectivity index (χ0v) is 13.0. The van der Waals surface area contributed by atoms with Gasteiger partial charge < -0.3 is 10.1 Å². The van der Waals surface area contributed by atoms with Gasteiger partial charge in [-0.05, 0) is 19.4 Å². The zero-order chi connectivity index (χ0) is 15.1. The van der Waals surface area contributed by atoms with Crippen molar-refractivity contribution in [1.29, 1.82) is 0 Å². The number of nitrogens with one attached hydrogen (secondary N) is 1. The Bertz CT molecular complexity index is 493. The highest BCUT2D eigenvalue weighted by Crippen LogP contribution is 2.30. The highest BCUT2D eigenvalue weighted by atomic mass is 79.9. The predicted molar refractivity (Wildman–Crippen MR) is 79.6 cm³/mol. The molecule has 0 aromatic heterocycles. The highest BCUT2D eigenvalue weighted by Gasteiger charge is 2.23. The van der Waals surface area contributed by atoms with Gasteiger partial charge in [-0.15, -0.1) is 0 Å². The van der Waals surface area contributed by atoms with Gasteiger partial charge in [0, 0.05) is 17.4 Å². The Kier molecular flexibility index (Phi) is 6.44. The molecule has 1 rings (SSSR count). The number of ether oxygens (including phenoxy) is 1. The molecule has 1 unspecified atom stereocenters. The monoisotopic (exact) mass is 344 g/mol. The van der Waals surface area contributed by atoms with Crippen molar-refractivity contribution < 1.29 is 14.5 Å². The van der Waals surface area contributed by atoms with Crippen molar-refractivity contribution in [2.45, 2.75) is 25.1 Å². The summed E-state index contributed by atoms with van der Waals surface area (Å²) in [5.41, 5.74) is -0.0257. The van der Waals surface area contributed by atoms with Crippen molar-refractivity contribution in [3.8, 4) is 5.75 Å². The van der Waals surface area contributed by atoms with Crippen molar-refractivity contribution in [3.63, 3.8) is 0 Å². The summed E-state index contributed by atoms with van der Waals surface area (Å²) in [6, 6.07) is 4.31. The van der Waals surface area contributed by atoms with Gasteiger partial charge in [-0.1, -0.05) is 28.9 Å². The lowest BCUT2D eigenvalue weighted by Crippen LogP contribution is -2.29. The van der Waals surface area contributed by atoms with E-state index in [1.807, 2.05) is 6.92 Å². The van der Waals surface area contributed by atoms with E-state index in [1.54, 1.807) is 6.92 Å². The third kappa shape index (κ3) is 4.19. The normalized spacial score (nSPS) is 11.8. The van der Waals surface area contributed by atoms with Gasteiger partial charge in [-0.3, -0.25) is 14.9 Å². The first-order valence-electron chi connectivity index (χ1n) is 6.33. The van der Waals surface area contributed by atoms with Gasteiger partial charge in [0.15, 0.2) is 0 Å². The van der Waals surface area contributed by atoms with E-state index in [4.69, 9.17) is 4.74 Å². The zero-order valence-electron chi connectivity index (χ0n) is 11.4. The van der Waals surface area contributed by atoms with Gasteiger partial charge in [-0.2, -0.15) is 0 Å². The molecule has 110 valence electrons. The molecule has 1 amide bonds. The number of alkyl halides is 1. The number of carbonyl (C=O) groups excluding carboxylic acids is 1. The molecule has 1 N–H and O–H groups in total. The van der Waals surface area contributed by atoms with Gasteiger partial charge in [0.2, 0.25) is 5.75 Å². The van der Waals surface area contributed by atoms with Crippen LogP contribution >= 0.6 is 15.9 Å². The molecule has 1 aromatic carbocycles. The number of nitro benzene ring substituents is 1. The average Bonchev–Trinajstić information content (AvgIpc) is 2.44. The number of benzene rings is 1. The van der Waals surface area contributed by atoms with Crippen LogP contribution in [0.3, 0.4) is 0 Å². The highest BCUT2D eigenvalue weighted by molar-refractivity contribution is 9.09. The molecule has 0 spiro atoms. The predicted octanol–water partition coefficient (Wildman–Crippen LogP) is 2.90. The van der Waals surface area contributed by atoms with Crippen LogP contribution in [0.15, 0.2) is 18.2 Å². The maximum absolute atomic E-state index is 12.1. The lowest BCUT2D eigenvalue weighted by molar-refractivity contribution is -0.385. The van der Waals surface area contributed by atoms with Gasteiger partial charge in [-0.25, -0.2) is 0 Å². The van der Waals surface area contributed by atoms with Crippen LogP contribution in [-0.2, 0) is 0 Å². The van der Waals surface area contributed by atoms with E-state index in [0.29, 0.717) is 6.54 Å². The number of hydrogen-bond donors (Lipinski definition) is 1. The van der Waals surface area contributed by atoms with E-state index in [0.717, 1.165) is 6.42 Å². The third-order valence-corrected chi connectivity index (χ3v) is 3.62. The number of halogens is 1. The molecular weight excluding hydrogens is 328 g/mol. The summed E-state index contributed by atoms with van der Waals surface area (Å²) in [6.45, 7) is 4.40. The van der Waals surface area contributed by atoms with Gasteiger partial charge in [0.05, 0.1) is 17.1 Å². The van der Waals surface area contributed by atoms with Crippen molar-refractivity contribution >= 4 is 27.5 Å². The van der Waals surface area contributed by atoms with E-state index in [1.165, 1.54) is 18.2 Å². The van der Waals surface area contributed by atoms with Crippen molar-refractivity contribution in [1.82, 2.24) is 5.32 Å². The smallest absolute Gasteiger partial charge is 0.311 e. The summed E-state index contributed by atoms with van der Waals surface area (Å²) in [7, 11) is 0. The number of para-hydroxylation sites is 1. The van der Waals surface area contributed by atoms with E-state index in [9.17, 15) is 14.9 Å². The van der Waals surface area contributed by atoms with Gasteiger partial charge in [0.25, 0.3) is 5.91 Å². The molecular formula is C13H17BrN2O4. The standard InChI is InChI=1S/C13H17BrN2O4/c1-3-9(14)8-15-13(17)10-6-5-7-11(16(18)19)12(10)20-4-2/h5-7,9H,3-4,8H2,1-2H3,(H,15,17). The molecule has 0 radical (unpaired) electrons. The Balaban J connectivity index is 3.01. The number of hydrogen-bond acceptors (Lipinski definition) is 4. The van der Waals surface area contributed by atoms with Crippen LogP contribution in [0.5, 0.6) is 5.75 Å². The molecule has 0 bridgehead atoms. The van der Waals surface area contributed by atoms with E-state index >= 15 is 0 Å². The molecule has 0 fully saturated rings. The maximum atomic E-state index is 12.1. The molecule has 0 aliphatic rings. The number of nitrogens with zero attached hydrogens (tertiary/aromatic N) is 1. The van der Waals surface area contributed by atoms with Gasteiger partial charge >= 0.3 is 5.69 Å². The fourth-order valence-corrected chi connectivity index (χ4v) is 1.75. The topological polar surface area (TPSA) is 81.5 Å². The maximum Gasteiger partial charge on any atom is 0.311 e. The quantitative estimate of drug-likeness (QED) is 0.468. The van der Waals surface area contributed by atoms with Crippen molar-refractivity contribution in [2.75, 3.05) is 13.2 Å². The van der Waals surface area contributed by atoms with E-state index < -0.39 is 4.92 Å². The largest absolute Gasteiger partial charge is 0.487 e. The summed E-state index contributed by atoms with van der Waals surface area (Å²) in [6.07, 6.45) is 0.869. The number of rotatable bonds is 7. The molecule has 0 saturated heterocycles. The SMILES string of the molecule is CCOc1c(C(=O)NCC(Br)CC)cccc1[N+](=O)[O-]. The number of amides is 1. The Labute approximate surface area is 125 Å².